The molecule has 0 bridgehead atoms. The minimum atomic E-state index is -0.696. The number of carbonyl (C=O) groups excluding carboxylic acids is 2. The normalized spacial score (nSPS) is 18.3. The third-order valence-electron chi connectivity index (χ3n) is 4.79. The highest BCUT2D eigenvalue weighted by atomic mass is 16.5. The van der Waals surface area contributed by atoms with E-state index < -0.39 is 17.7 Å². The third-order valence-corrected chi connectivity index (χ3v) is 4.79. The first-order chi connectivity index (χ1) is 14.1. The van der Waals surface area contributed by atoms with Crippen LogP contribution in [0.4, 0.5) is 0 Å². The molecule has 1 aliphatic rings. The van der Waals surface area contributed by atoms with Crippen LogP contribution in [-0.4, -0.2) is 48.6 Å². The van der Waals surface area contributed by atoms with Crippen molar-refractivity contribution < 1.29 is 24.2 Å². The van der Waals surface area contributed by atoms with E-state index in [4.69, 9.17) is 9.47 Å². The van der Waals surface area contributed by atoms with E-state index in [2.05, 4.69) is 0 Å². The van der Waals surface area contributed by atoms with Crippen LogP contribution in [0, 0.1) is 0 Å². The maximum atomic E-state index is 12.8. The standard InChI is InChI=1S/C23H25NO5/c1-3-14-29-18-11-9-17(10-12-18)21(25)19-20(16-7-5-4-6-8-16)24(13-15-28-2)23(27)22(19)26/h4-12,20,25H,3,13-15H2,1-2H3/b21-19+. The van der Waals surface area contributed by atoms with E-state index in [1.807, 2.05) is 37.3 Å². The molecule has 1 aliphatic heterocycles. The summed E-state index contributed by atoms with van der Waals surface area (Å²) in [5.41, 5.74) is 1.30. The number of amides is 1. The molecular formula is C23H25NO5. The molecule has 0 aliphatic carbocycles. The Balaban J connectivity index is 2.03. The molecule has 2 aromatic carbocycles. The van der Waals surface area contributed by atoms with Crippen LogP contribution in [0.5, 0.6) is 5.75 Å². The number of carbonyl (C=O) groups is 2. The van der Waals surface area contributed by atoms with Gasteiger partial charge in [-0.15, -0.1) is 0 Å². The van der Waals surface area contributed by atoms with E-state index in [0.717, 1.165) is 12.0 Å². The molecule has 1 heterocycles. The Morgan fingerprint density at radius 2 is 1.72 bits per heavy atom. The Bertz CT molecular complexity index is 889. The number of Topliss-reactive ketones (excluding diaryl/α,β-unsaturated/α-hetero) is 1. The molecule has 3 rings (SSSR count). The predicted molar refractivity (Wildman–Crippen MR) is 110 cm³/mol. The van der Waals surface area contributed by atoms with Crippen molar-refractivity contribution in [2.45, 2.75) is 19.4 Å². The number of benzene rings is 2. The lowest BCUT2D eigenvalue weighted by Crippen LogP contribution is -2.32. The van der Waals surface area contributed by atoms with Gasteiger partial charge in [-0.2, -0.15) is 0 Å². The van der Waals surface area contributed by atoms with Gasteiger partial charge in [0.05, 0.1) is 24.8 Å². The van der Waals surface area contributed by atoms with Crippen molar-refractivity contribution in [3.8, 4) is 5.75 Å². The van der Waals surface area contributed by atoms with Gasteiger partial charge in [-0.05, 0) is 36.2 Å². The molecule has 0 spiro atoms. The van der Waals surface area contributed by atoms with Crippen molar-refractivity contribution in [2.24, 2.45) is 0 Å². The molecule has 0 saturated carbocycles. The number of methoxy groups -OCH3 is 1. The van der Waals surface area contributed by atoms with Crippen molar-refractivity contribution >= 4 is 17.4 Å². The van der Waals surface area contributed by atoms with Crippen LogP contribution in [0.3, 0.4) is 0 Å². The minimum Gasteiger partial charge on any atom is -0.507 e. The van der Waals surface area contributed by atoms with E-state index >= 15 is 0 Å². The van der Waals surface area contributed by atoms with Gasteiger partial charge in [-0.25, -0.2) is 0 Å². The second kappa shape index (κ2) is 9.39. The second-order valence-electron chi connectivity index (χ2n) is 6.77. The molecule has 0 radical (unpaired) electrons. The van der Waals surface area contributed by atoms with E-state index in [1.165, 1.54) is 12.0 Å². The van der Waals surface area contributed by atoms with Crippen LogP contribution < -0.4 is 4.74 Å². The molecule has 29 heavy (non-hydrogen) atoms. The summed E-state index contributed by atoms with van der Waals surface area (Å²) < 4.78 is 10.7. The maximum absolute atomic E-state index is 12.8. The summed E-state index contributed by atoms with van der Waals surface area (Å²) in [7, 11) is 1.54. The largest absolute Gasteiger partial charge is 0.507 e. The fourth-order valence-electron chi connectivity index (χ4n) is 3.37. The smallest absolute Gasteiger partial charge is 0.295 e. The molecule has 6 nitrogen and oxygen atoms in total. The Morgan fingerprint density at radius 1 is 1.03 bits per heavy atom. The zero-order chi connectivity index (χ0) is 20.8. The van der Waals surface area contributed by atoms with Crippen LogP contribution in [0.2, 0.25) is 0 Å². The van der Waals surface area contributed by atoms with Gasteiger partial charge in [0.1, 0.15) is 11.5 Å². The SMILES string of the molecule is CCCOc1ccc(/C(O)=C2\C(=O)C(=O)N(CCOC)C2c2ccccc2)cc1. The maximum Gasteiger partial charge on any atom is 0.295 e. The molecule has 1 amide bonds. The summed E-state index contributed by atoms with van der Waals surface area (Å²) in [6.45, 7) is 3.16. The highest BCUT2D eigenvalue weighted by Gasteiger charge is 2.45. The number of likely N-dealkylation sites (tertiary alicyclic amines) is 1. The van der Waals surface area contributed by atoms with Crippen LogP contribution in [0.15, 0.2) is 60.2 Å². The molecule has 6 heteroatoms. The Hall–Kier alpha value is -3.12. The number of aliphatic hydroxyl groups excluding tert-OH is 1. The number of ketones is 1. The van der Waals surface area contributed by atoms with Crippen molar-refractivity contribution in [1.82, 2.24) is 4.90 Å². The highest BCUT2D eigenvalue weighted by Crippen LogP contribution is 2.39. The van der Waals surface area contributed by atoms with Gasteiger partial charge < -0.3 is 19.5 Å². The Labute approximate surface area is 170 Å². The minimum absolute atomic E-state index is 0.0829. The van der Waals surface area contributed by atoms with Crippen LogP contribution in [-0.2, 0) is 14.3 Å². The van der Waals surface area contributed by atoms with Crippen molar-refractivity contribution in [3.05, 3.63) is 71.3 Å². The summed E-state index contributed by atoms with van der Waals surface area (Å²) in [4.78, 5) is 26.9. The molecular weight excluding hydrogens is 370 g/mol. The molecule has 152 valence electrons. The predicted octanol–water partition coefficient (Wildman–Crippen LogP) is 3.54. The lowest BCUT2D eigenvalue weighted by Gasteiger charge is -2.25. The molecule has 1 unspecified atom stereocenters. The zero-order valence-corrected chi connectivity index (χ0v) is 16.6. The van der Waals surface area contributed by atoms with Crippen LogP contribution >= 0.6 is 0 Å². The second-order valence-corrected chi connectivity index (χ2v) is 6.77. The average Bonchev–Trinajstić information content (AvgIpc) is 3.01. The van der Waals surface area contributed by atoms with Gasteiger partial charge in [-0.3, -0.25) is 9.59 Å². The fourth-order valence-corrected chi connectivity index (χ4v) is 3.37. The van der Waals surface area contributed by atoms with Gasteiger partial charge in [0.25, 0.3) is 11.7 Å². The summed E-state index contributed by atoms with van der Waals surface area (Å²) in [6, 6.07) is 15.4. The topological polar surface area (TPSA) is 76.1 Å². The Kier molecular flexibility index (Phi) is 6.67. The van der Waals surface area contributed by atoms with Crippen molar-refractivity contribution in [1.29, 1.82) is 0 Å². The first-order valence-electron chi connectivity index (χ1n) is 9.64. The molecule has 1 fully saturated rings. The van der Waals surface area contributed by atoms with Crippen LogP contribution in [0.25, 0.3) is 5.76 Å². The summed E-state index contributed by atoms with van der Waals surface area (Å²) in [5.74, 6) is -0.846. The monoisotopic (exact) mass is 395 g/mol. The molecule has 1 N–H and O–H groups in total. The number of nitrogens with zero attached hydrogens (tertiary/aromatic N) is 1. The van der Waals surface area contributed by atoms with Crippen molar-refractivity contribution in [2.75, 3.05) is 26.9 Å². The number of hydrogen-bond donors (Lipinski definition) is 1. The summed E-state index contributed by atoms with van der Waals surface area (Å²) in [5, 5.41) is 11.0. The zero-order valence-electron chi connectivity index (χ0n) is 16.6. The first kappa shape index (κ1) is 20.6. The van der Waals surface area contributed by atoms with Gasteiger partial charge in [0, 0.05) is 19.2 Å². The number of aliphatic hydroxyl groups is 1. The van der Waals surface area contributed by atoms with E-state index in [-0.39, 0.29) is 17.9 Å². The summed E-state index contributed by atoms with van der Waals surface area (Å²) in [6.07, 6.45) is 0.893. The average molecular weight is 395 g/mol. The number of ether oxygens (including phenoxy) is 2. The van der Waals surface area contributed by atoms with E-state index in [0.29, 0.717) is 24.5 Å². The number of hydrogen-bond acceptors (Lipinski definition) is 5. The van der Waals surface area contributed by atoms with Gasteiger partial charge in [0.2, 0.25) is 0 Å². The fraction of sp³-hybridized carbons (Fsp3) is 0.304. The lowest BCUT2D eigenvalue weighted by molar-refractivity contribution is -0.140. The highest BCUT2D eigenvalue weighted by molar-refractivity contribution is 6.46. The van der Waals surface area contributed by atoms with E-state index in [1.54, 1.807) is 24.3 Å². The third kappa shape index (κ3) is 4.32. The lowest BCUT2D eigenvalue weighted by atomic mass is 9.95. The Morgan fingerprint density at radius 3 is 2.34 bits per heavy atom. The quantitative estimate of drug-likeness (QED) is 0.420. The van der Waals surface area contributed by atoms with E-state index in [9.17, 15) is 14.7 Å². The van der Waals surface area contributed by atoms with Gasteiger partial charge in [0.15, 0.2) is 0 Å². The van der Waals surface area contributed by atoms with Crippen molar-refractivity contribution in [3.63, 3.8) is 0 Å². The molecule has 0 aromatic heterocycles. The van der Waals surface area contributed by atoms with Gasteiger partial charge >= 0.3 is 0 Å². The summed E-state index contributed by atoms with van der Waals surface area (Å²) >= 11 is 0. The number of rotatable bonds is 8. The first-order valence-corrected chi connectivity index (χ1v) is 9.64. The molecule has 1 saturated heterocycles. The molecule has 2 aromatic rings. The molecule has 1 atom stereocenters. The van der Waals surface area contributed by atoms with Gasteiger partial charge in [-0.1, -0.05) is 37.3 Å². The van der Waals surface area contributed by atoms with Crippen LogP contribution in [0.1, 0.15) is 30.5 Å².